The molecule has 0 bridgehead atoms. The second-order valence-electron chi connectivity index (χ2n) is 5.86. The van der Waals surface area contributed by atoms with Gasteiger partial charge in [-0.2, -0.15) is 5.10 Å². The van der Waals surface area contributed by atoms with Gasteiger partial charge in [-0.1, -0.05) is 0 Å². The zero-order valence-corrected chi connectivity index (χ0v) is 13.3. The van der Waals surface area contributed by atoms with Crippen LogP contribution in [0.4, 0.5) is 10.1 Å². The highest BCUT2D eigenvalue weighted by Crippen LogP contribution is 2.32. The van der Waals surface area contributed by atoms with Gasteiger partial charge < -0.3 is 10.2 Å². The lowest BCUT2D eigenvalue weighted by Gasteiger charge is -2.36. The molecule has 0 spiro atoms. The molecular formula is C16H20FN5O. The molecule has 0 aromatic carbocycles. The van der Waals surface area contributed by atoms with Crippen molar-refractivity contribution < 1.29 is 9.18 Å². The minimum absolute atomic E-state index is 0.166. The van der Waals surface area contributed by atoms with Crippen molar-refractivity contribution in [2.75, 3.05) is 25.0 Å². The van der Waals surface area contributed by atoms with Crippen molar-refractivity contribution in [1.82, 2.24) is 20.1 Å². The third-order valence-corrected chi connectivity index (χ3v) is 4.27. The summed E-state index contributed by atoms with van der Waals surface area (Å²) in [5.74, 6) is -0.536. The Hall–Kier alpha value is -2.44. The van der Waals surface area contributed by atoms with Crippen LogP contribution in [0.3, 0.4) is 0 Å². The van der Waals surface area contributed by atoms with Gasteiger partial charge in [0.2, 0.25) is 0 Å². The average Bonchev–Trinajstić information content (AvgIpc) is 3.01. The molecule has 122 valence electrons. The first-order valence-electron chi connectivity index (χ1n) is 7.65. The number of hydrogen-bond donors (Lipinski definition) is 1. The van der Waals surface area contributed by atoms with E-state index in [-0.39, 0.29) is 12.8 Å². The highest BCUT2D eigenvalue weighted by atomic mass is 19.1. The molecule has 1 amide bonds. The smallest absolute Gasteiger partial charge is 0.257 e. The standard InChI is InChI=1S/C16H20FN5O/c1-12-9-20-22(11-12)13-3-6-19-10-14(13)21-7-4-16(17,5-8-21)15(23)18-2/h3,6,9-11H,4-5,7-8H2,1-2H3,(H,18,23). The Bertz CT molecular complexity index is 706. The monoisotopic (exact) mass is 317 g/mol. The Morgan fingerprint density at radius 3 is 2.65 bits per heavy atom. The van der Waals surface area contributed by atoms with Crippen molar-refractivity contribution in [3.8, 4) is 5.69 Å². The zero-order chi connectivity index (χ0) is 16.4. The number of rotatable bonds is 3. The maximum atomic E-state index is 14.6. The van der Waals surface area contributed by atoms with Crippen molar-refractivity contribution in [1.29, 1.82) is 0 Å². The van der Waals surface area contributed by atoms with Gasteiger partial charge in [0.1, 0.15) is 0 Å². The molecule has 0 unspecified atom stereocenters. The second-order valence-corrected chi connectivity index (χ2v) is 5.86. The van der Waals surface area contributed by atoms with Crippen LogP contribution in [0.2, 0.25) is 0 Å². The number of piperidine rings is 1. The molecule has 6 nitrogen and oxygen atoms in total. The highest BCUT2D eigenvalue weighted by molar-refractivity contribution is 5.85. The van der Waals surface area contributed by atoms with Crippen LogP contribution in [0.15, 0.2) is 30.9 Å². The van der Waals surface area contributed by atoms with Crippen LogP contribution in [0.5, 0.6) is 0 Å². The molecule has 23 heavy (non-hydrogen) atoms. The second kappa shape index (κ2) is 5.98. The van der Waals surface area contributed by atoms with E-state index in [9.17, 15) is 9.18 Å². The van der Waals surface area contributed by atoms with Gasteiger partial charge in [-0.05, 0) is 18.6 Å². The van der Waals surface area contributed by atoms with Crippen LogP contribution in [0.25, 0.3) is 5.69 Å². The molecule has 7 heteroatoms. The fourth-order valence-electron chi connectivity index (χ4n) is 2.91. The first-order valence-corrected chi connectivity index (χ1v) is 7.65. The first-order chi connectivity index (χ1) is 11.0. The molecule has 0 aliphatic carbocycles. The number of pyridine rings is 1. The van der Waals surface area contributed by atoms with Crippen LogP contribution < -0.4 is 10.2 Å². The average molecular weight is 317 g/mol. The highest BCUT2D eigenvalue weighted by Gasteiger charge is 2.41. The van der Waals surface area contributed by atoms with E-state index in [1.807, 2.05) is 19.2 Å². The SMILES string of the molecule is CNC(=O)C1(F)CCN(c2cnccc2-n2cc(C)cn2)CC1. The van der Waals surface area contributed by atoms with Crippen molar-refractivity contribution in [3.63, 3.8) is 0 Å². The van der Waals surface area contributed by atoms with Gasteiger partial charge in [-0.25, -0.2) is 9.07 Å². The van der Waals surface area contributed by atoms with E-state index in [0.29, 0.717) is 13.1 Å². The number of hydrogen-bond acceptors (Lipinski definition) is 4. The van der Waals surface area contributed by atoms with Gasteiger partial charge in [0.25, 0.3) is 5.91 Å². The van der Waals surface area contributed by atoms with E-state index in [0.717, 1.165) is 16.9 Å². The normalized spacial score (nSPS) is 17.1. The summed E-state index contributed by atoms with van der Waals surface area (Å²) < 4.78 is 16.4. The largest absolute Gasteiger partial charge is 0.368 e. The third-order valence-electron chi connectivity index (χ3n) is 4.27. The maximum absolute atomic E-state index is 14.6. The van der Waals surface area contributed by atoms with Gasteiger partial charge in [0.05, 0.1) is 23.8 Å². The summed E-state index contributed by atoms with van der Waals surface area (Å²) in [5.41, 5.74) is 1.08. The molecule has 2 aromatic heterocycles. The predicted molar refractivity (Wildman–Crippen MR) is 85.4 cm³/mol. The minimum Gasteiger partial charge on any atom is -0.368 e. The minimum atomic E-state index is -1.78. The third kappa shape index (κ3) is 2.91. The Kier molecular flexibility index (Phi) is 4.02. The summed E-state index contributed by atoms with van der Waals surface area (Å²) >= 11 is 0. The number of aromatic nitrogens is 3. The predicted octanol–water partition coefficient (Wildman–Crippen LogP) is 1.63. The van der Waals surface area contributed by atoms with Crippen LogP contribution in [0, 0.1) is 6.92 Å². The molecule has 1 fully saturated rings. The molecule has 1 aliphatic rings. The Balaban J connectivity index is 1.83. The van der Waals surface area contributed by atoms with Crippen LogP contribution in [0.1, 0.15) is 18.4 Å². The molecule has 0 radical (unpaired) electrons. The number of halogens is 1. The van der Waals surface area contributed by atoms with Gasteiger partial charge in [-0.3, -0.25) is 9.78 Å². The molecule has 3 heterocycles. The molecule has 1 aliphatic heterocycles. The Morgan fingerprint density at radius 1 is 1.30 bits per heavy atom. The number of carbonyl (C=O) groups excluding carboxylic acids is 1. The maximum Gasteiger partial charge on any atom is 0.257 e. The number of nitrogens with one attached hydrogen (secondary N) is 1. The molecular weight excluding hydrogens is 297 g/mol. The van der Waals surface area contributed by atoms with E-state index in [2.05, 4.69) is 20.3 Å². The fraction of sp³-hybridized carbons (Fsp3) is 0.438. The topological polar surface area (TPSA) is 63.1 Å². The van der Waals surface area contributed by atoms with Crippen molar-refractivity contribution in [2.24, 2.45) is 0 Å². The number of nitrogens with zero attached hydrogens (tertiary/aromatic N) is 4. The summed E-state index contributed by atoms with van der Waals surface area (Å²) in [5, 5.41) is 6.75. The number of anilines is 1. The summed E-state index contributed by atoms with van der Waals surface area (Å²) in [6.45, 7) is 2.90. The lowest BCUT2D eigenvalue weighted by Crippen LogP contribution is -2.50. The van der Waals surface area contributed by atoms with Crippen LogP contribution in [-0.4, -0.2) is 46.5 Å². The van der Waals surface area contributed by atoms with Crippen molar-refractivity contribution in [3.05, 3.63) is 36.4 Å². The van der Waals surface area contributed by atoms with Gasteiger partial charge >= 0.3 is 0 Å². The summed E-state index contributed by atoms with van der Waals surface area (Å²) in [6.07, 6.45) is 7.53. The number of aryl methyl sites for hydroxylation is 1. The molecule has 2 aromatic rings. The Morgan fingerprint density at radius 2 is 2.04 bits per heavy atom. The van der Waals surface area contributed by atoms with Gasteiger partial charge in [-0.15, -0.1) is 0 Å². The van der Waals surface area contributed by atoms with E-state index >= 15 is 0 Å². The van der Waals surface area contributed by atoms with E-state index < -0.39 is 11.6 Å². The lowest BCUT2D eigenvalue weighted by atomic mass is 9.92. The number of alkyl halides is 1. The number of carbonyl (C=O) groups is 1. The van der Waals surface area contributed by atoms with Crippen LogP contribution >= 0.6 is 0 Å². The quantitative estimate of drug-likeness (QED) is 0.934. The van der Waals surface area contributed by atoms with Crippen molar-refractivity contribution in [2.45, 2.75) is 25.4 Å². The summed E-state index contributed by atoms with van der Waals surface area (Å²) in [6, 6.07) is 1.89. The van der Waals surface area contributed by atoms with Crippen LogP contribution in [-0.2, 0) is 4.79 Å². The van der Waals surface area contributed by atoms with E-state index in [1.54, 1.807) is 23.3 Å². The Labute approximate surface area is 134 Å². The summed E-state index contributed by atoms with van der Waals surface area (Å²) in [4.78, 5) is 17.9. The fourth-order valence-corrected chi connectivity index (χ4v) is 2.91. The van der Waals surface area contributed by atoms with Gasteiger partial charge in [0.15, 0.2) is 5.67 Å². The molecule has 1 saturated heterocycles. The molecule has 0 atom stereocenters. The molecule has 3 rings (SSSR count). The van der Waals surface area contributed by atoms with E-state index in [4.69, 9.17) is 0 Å². The van der Waals surface area contributed by atoms with Gasteiger partial charge in [0, 0.05) is 45.4 Å². The van der Waals surface area contributed by atoms with Crippen molar-refractivity contribution >= 4 is 11.6 Å². The zero-order valence-electron chi connectivity index (χ0n) is 13.3. The lowest BCUT2D eigenvalue weighted by molar-refractivity contribution is -0.133. The molecule has 1 N–H and O–H groups in total. The summed E-state index contributed by atoms with van der Waals surface area (Å²) in [7, 11) is 1.47. The van der Waals surface area contributed by atoms with E-state index in [1.165, 1.54) is 7.05 Å². The number of amides is 1. The first kappa shape index (κ1) is 15.5. The molecule has 0 saturated carbocycles.